The van der Waals surface area contributed by atoms with Crippen molar-refractivity contribution >= 4 is 11.5 Å². The summed E-state index contributed by atoms with van der Waals surface area (Å²) in [6, 6.07) is 9.48. The van der Waals surface area contributed by atoms with Gasteiger partial charge in [0.25, 0.3) is 0 Å². The first kappa shape index (κ1) is 14.9. The molecule has 0 aliphatic rings. The van der Waals surface area contributed by atoms with Crippen LogP contribution in [0, 0.1) is 17.0 Å². The summed E-state index contributed by atoms with van der Waals surface area (Å²) in [5, 5.41) is 14.1. The summed E-state index contributed by atoms with van der Waals surface area (Å²) in [6.45, 7) is 2.70. The van der Waals surface area contributed by atoms with E-state index < -0.39 is 4.92 Å². The molecule has 2 aromatic rings. The van der Waals surface area contributed by atoms with Crippen LogP contribution >= 0.6 is 0 Å². The van der Waals surface area contributed by atoms with Crippen LogP contribution in [0.3, 0.4) is 0 Å². The second-order valence-corrected chi connectivity index (χ2v) is 4.69. The number of nitrogens with one attached hydrogen (secondary N) is 1. The van der Waals surface area contributed by atoms with Gasteiger partial charge in [0.1, 0.15) is 0 Å². The second kappa shape index (κ2) is 6.81. The zero-order valence-electron chi connectivity index (χ0n) is 12.0. The lowest BCUT2D eigenvalue weighted by atomic mass is 10.1. The Hall–Kier alpha value is -2.47. The smallest absolute Gasteiger partial charge is 0.314 e. The van der Waals surface area contributed by atoms with Gasteiger partial charge in [0.05, 0.1) is 11.5 Å². The van der Waals surface area contributed by atoms with Crippen molar-refractivity contribution in [3.63, 3.8) is 0 Å². The fourth-order valence-electron chi connectivity index (χ4n) is 2.09. The maximum atomic E-state index is 11.1. The molecule has 0 spiro atoms. The second-order valence-electron chi connectivity index (χ2n) is 4.69. The lowest BCUT2D eigenvalue weighted by Crippen LogP contribution is -2.06. The Labute approximate surface area is 122 Å². The highest BCUT2D eigenvalue weighted by atomic mass is 16.6. The van der Waals surface area contributed by atoms with E-state index in [1.807, 2.05) is 24.3 Å². The molecule has 6 heteroatoms. The number of ether oxygens (including phenoxy) is 1. The van der Waals surface area contributed by atoms with Gasteiger partial charge in [-0.3, -0.25) is 10.1 Å². The monoisotopic (exact) mass is 287 g/mol. The molecule has 0 atom stereocenters. The molecule has 0 aliphatic carbocycles. The van der Waals surface area contributed by atoms with E-state index >= 15 is 0 Å². The molecule has 6 nitrogen and oxygen atoms in total. The quantitative estimate of drug-likeness (QED) is 0.652. The van der Waals surface area contributed by atoms with Gasteiger partial charge in [-0.25, -0.2) is 4.98 Å². The first-order valence-corrected chi connectivity index (χ1v) is 6.52. The maximum absolute atomic E-state index is 11.1. The van der Waals surface area contributed by atoms with Crippen molar-refractivity contribution in [2.24, 2.45) is 0 Å². The summed E-state index contributed by atoms with van der Waals surface area (Å²) in [7, 11) is 1.64. The molecule has 0 unspecified atom stereocenters. The average molecular weight is 287 g/mol. The van der Waals surface area contributed by atoms with Crippen molar-refractivity contribution in [1.29, 1.82) is 0 Å². The molecule has 21 heavy (non-hydrogen) atoms. The zero-order valence-corrected chi connectivity index (χ0v) is 12.0. The van der Waals surface area contributed by atoms with Crippen molar-refractivity contribution in [2.75, 3.05) is 12.4 Å². The Morgan fingerprint density at radius 3 is 2.81 bits per heavy atom. The van der Waals surface area contributed by atoms with Crippen LogP contribution in [0.1, 0.15) is 16.7 Å². The summed E-state index contributed by atoms with van der Waals surface area (Å²) < 4.78 is 5.09. The molecule has 0 aliphatic heterocycles. The van der Waals surface area contributed by atoms with Gasteiger partial charge in [0, 0.05) is 25.4 Å². The number of methoxy groups -OCH3 is 1. The molecular formula is C15H17N3O3. The van der Waals surface area contributed by atoms with Crippen molar-refractivity contribution in [2.45, 2.75) is 20.1 Å². The molecule has 0 saturated carbocycles. The first-order valence-electron chi connectivity index (χ1n) is 6.52. The number of benzene rings is 1. The maximum Gasteiger partial charge on any atom is 0.314 e. The number of hydrogen-bond acceptors (Lipinski definition) is 5. The van der Waals surface area contributed by atoms with Gasteiger partial charge >= 0.3 is 5.69 Å². The van der Waals surface area contributed by atoms with E-state index in [0.29, 0.717) is 18.7 Å². The normalized spacial score (nSPS) is 10.4. The lowest BCUT2D eigenvalue weighted by Gasteiger charge is -2.08. The van der Waals surface area contributed by atoms with E-state index in [4.69, 9.17) is 4.74 Å². The van der Waals surface area contributed by atoms with Crippen LogP contribution < -0.4 is 5.32 Å². The number of rotatable bonds is 6. The Bertz CT molecular complexity index is 644. The minimum atomic E-state index is -0.411. The fourth-order valence-corrected chi connectivity index (χ4v) is 2.09. The van der Waals surface area contributed by atoms with Crippen LogP contribution in [0.25, 0.3) is 0 Å². The Morgan fingerprint density at radius 1 is 1.33 bits per heavy atom. The van der Waals surface area contributed by atoms with Crippen molar-refractivity contribution < 1.29 is 9.66 Å². The third-order valence-corrected chi connectivity index (χ3v) is 3.07. The minimum Gasteiger partial charge on any atom is -0.380 e. The molecule has 2 rings (SSSR count). The summed E-state index contributed by atoms with van der Waals surface area (Å²) in [4.78, 5) is 14.7. The molecule has 1 aromatic carbocycles. The van der Waals surface area contributed by atoms with Gasteiger partial charge in [-0.2, -0.15) is 0 Å². The number of aromatic nitrogens is 1. The van der Waals surface area contributed by atoms with E-state index in [1.165, 1.54) is 0 Å². The van der Waals surface area contributed by atoms with Crippen LogP contribution in [-0.2, 0) is 17.9 Å². The van der Waals surface area contributed by atoms with Gasteiger partial charge < -0.3 is 10.1 Å². The topological polar surface area (TPSA) is 77.3 Å². The van der Waals surface area contributed by atoms with Crippen LogP contribution in [0.2, 0.25) is 0 Å². The van der Waals surface area contributed by atoms with Gasteiger partial charge in [-0.05, 0) is 24.1 Å². The molecule has 0 saturated heterocycles. The molecule has 110 valence electrons. The van der Waals surface area contributed by atoms with Crippen LogP contribution in [-0.4, -0.2) is 17.0 Å². The molecule has 0 bridgehead atoms. The number of aryl methyl sites for hydroxylation is 1. The number of pyridine rings is 1. The third kappa shape index (κ3) is 3.76. The predicted octanol–water partition coefficient (Wildman–Crippen LogP) is 3.06. The Morgan fingerprint density at radius 2 is 2.10 bits per heavy atom. The summed E-state index contributed by atoms with van der Waals surface area (Å²) in [5.41, 5.74) is 2.68. The van der Waals surface area contributed by atoms with E-state index in [2.05, 4.69) is 10.3 Å². The Kier molecular flexibility index (Phi) is 4.84. The molecule has 1 heterocycles. The highest BCUT2D eigenvalue weighted by Gasteiger charge is 2.17. The Balaban J connectivity index is 2.15. The van der Waals surface area contributed by atoms with Crippen LogP contribution in [0.4, 0.5) is 11.5 Å². The van der Waals surface area contributed by atoms with E-state index in [0.717, 1.165) is 11.1 Å². The summed E-state index contributed by atoms with van der Waals surface area (Å²) in [5.74, 6) is 0.289. The summed E-state index contributed by atoms with van der Waals surface area (Å²) >= 11 is 0. The number of anilines is 1. The predicted molar refractivity (Wildman–Crippen MR) is 80.1 cm³/mol. The molecular weight excluding hydrogens is 270 g/mol. The number of nitrogens with zero attached hydrogens (tertiary/aromatic N) is 2. The molecule has 1 N–H and O–H groups in total. The average Bonchev–Trinajstić information content (AvgIpc) is 2.45. The molecule has 0 fully saturated rings. The lowest BCUT2D eigenvalue weighted by molar-refractivity contribution is -0.384. The number of nitro groups is 1. The van der Waals surface area contributed by atoms with Gasteiger partial charge in [-0.1, -0.05) is 24.3 Å². The molecule has 0 amide bonds. The summed E-state index contributed by atoms with van der Waals surface area (Å²) in [6.07, 6.45) is 1.56. The van der Waals surface area contributed by atoms with E-state index in [9.17, 15) is 10.1 Å². The van der Waals surface area contributed by atoms with Gasteiger partial charge in [0.15, 0.2) is 0 Å². The van der Waals surface area contributed by atoms with Crippen LogP contribution in [0.5, 0.6) is 0 Å². The number of hydrogen-bond donors (Lipinski definition) is 1. The standard InChI is InChI=1S/C15H17N3O3/c1-11-6-7-16-15(14(11)18(19)20)17-9-12-4-3-5-13(8-12)10-21-2/h3-8H,9-10H2,1-2H3,(H,16,17). The largest absolute Gasteiger partial charge is 0.380 e. The van der Waals surface area contributed by atoms with E-state index in [-0.39, 0.29) is 11.5 Å². The third-order valence-electron chi connectivity index (χ3n) is 3.07. The van der Waals surface area contributed by atoms with Crippen LogP contribution in [0.15, 0.2) is 36.5 Å². The minimum absolute atomic E-state index is 0.0190. The fraction of sp³-hybridized carbons (Fsp3) is 0.267. The van der Waals surface area contributed by atoms with Crippen molar-refractivity contribution in [3.05, 3.63) is 63.3 Å². The van der Waals surface area contributed by atoms with Gasteiger partial charge in [0.2, 0.25) is 5.82 Å². The zero-order chi connectivity index (χ0) is 15.2. The highest BCUT2D eigenvalue weighted by molar-refractivity contribution is 5.59. The van der Waals surface area contributed by atoms with Gasteiger partial charge in [-0.15, -0.1) is 0 Å². The highest BCUT2D eigenvalue weighted by Crippen LogP contribution is 2.25. The molecule has 1 aromatic heterocycles. The van der Waals surface area contributed by atoms with Crippen molar-refractivity contribution in [3.8, 4) is 0 Å². The molecule has 0 radical (unpaired) electrons. The SMILES string of the molecule is COCc1cccc(CNc2nccc(C)c2[N+](=O)[O-])c1. The van der Waals surface area contributed by atoms with Crippen molar-refractivity contribution in [1.82, 2.24) is 4.98 Å². The first-order chi connectivity index (χ1) is 10.1. The van der Waals surface area contributed by atoms with E-state index in [1.54, 1.807) is 26.3 Å².